The molecular weight excluding hydrogens is 264 g/mol. The minimum atomic E-state index is 0.0941. The molecule has 4 nitrogen and oxygen atoms in total. The third-order valence-corrected chi connectivity index (χ3v) is 4.13. The van der Waals surface area contributed by atoms with E-state index in [2.05, 4.69) is 17.6 Å². The number of carbonyl (C=O) groups is 1. The van der Waals surface area contributed by atoms with Crippen molar-refractivity contribution in [2.24, 2.45) is 0 Å². The van der Waals surface area contributed by atoms with Crippen LogP contribution in [-0.4, -0.2) is 25.6 Å². The van der Waals surface area contributed by atoms with E-state index < -0.39 is 0 Å². The van der Waals surface area contributed by atoms with Gasteiger partial charge in [-0.15, -0.1) is 0 Å². The van der Waals surface area contributed by atoms with Crippen LogP contribution in [0.2, 0.25) is 0 Å². The maximum Gasteiger partial charge on any atom is 0.234 e. The fourth-order valence-electron chi connectivity index (χ4n) is 2.80. The van der Waals surface area contributed by atoms with E-state index in [1.165, 1.54) is 19.3 Å². The largest absolute Gasteiger partial charge is 0.497 e. The molecule has 2 rings (SSSR count). The van der Waals surface area contributed by atoms with Crippen molar-refractivity contribution in [2.75, 3.05) is 13.7 Å². The Morgan fingerprint density at radius 2 is 2.10 bits per heavy atom. The Kier molecular flexibility index (Phi) is 6.05. The first kappa shape index (κ1) is 15.8. The molecule has 0 radical (unpaired) electrons. The van der Waals surface area contributed by atoms with Gasteiger partial charge in [0.15, 0.2) is 0 Å². The fourth-order valence-corrected chi connectivity index (χ4v) is 2.80. The van der Waals surface area contributed by atoms with Crippen LogP contribution in [0, 0.1) is 0 Å². The van der Waals surface area contributed by atoms with Gasteiger partial charge in [0.1, 0.15) is 5.75 Å². The van der Waals surface area contributed by atoms with Gasteiger partial charge in [0.25, 0.3) is 0 Å². The molecule has 1 atom stereocenters. The predicted molar refractivity (Wildman–Crippen MR) is 84.4 cm³/mol. The van der Waals surface area contributed by atoms with Crippen molar-refractivity contribution >= 4 is 5.91 Å². The molecule has 0 spiro atoms. The zero-order valence-electron chi connectivity index (χ0n) is 13.0. The van der Waals surface area contributed by atoms with E-state index in [0.717, 1.165) is 24.2 Å². The number of amides is 1. The first-order valence-corrected chi connectivity index (χ1v) is 7.85. The lowest BCUT2D eigenvalue weighted by Crippen LogP contribution is -2.41. The second kappa shape index (κ2) is 8.03. The smallest absolute Gasteiger partial charge is 0.234 e. The van der Waals surface area contributed by atoms with E-state index in [-0.39, 0.29) is 11.9 Å². The monoisotopic (exact) mass is 290 g/mol. The van der Waals surface area contributed by atoms with Crippen molar-refractivity contribution < 1.29 is 9.53 Å². The van der Waals surface area contributed by atoms with Gasteiger partial charge >= 0.3 is 0 Å². The molecule has 4 heteroatoms. The molecule has 1 aromatic carbocycles. The van der Waals surface area contributed by atoms with Gasteiger partial charge in [-0.05, 0) is 37.5 Å². The van der Waals surface area contributed by atoms with E-state index in [9.17, 15) is 4.79 Å². The Balaban J connectivity index is 1.77. The molecule has 1 amide bonds. The van der Waals surface area contributed by atoms with Crippen LogP contribution in [0.4, 0.5) is 0 Å². The van der Waals surface area contributed by atoms with E-state index in [1.54, 1.807) is 7.11 Å². The van der Waals surface area contributed by atoms with Crippen molar-refractivity contribution in [3.63, 3.8) is 0 Å². The molecule has 1 aliphatic rings. The summed E-state index contributed by atoms with van der Waals surface area (Å²) in [5.41, 5.74) is 1.12. The number of methoxy groups -OCH3 is 1. The number of ether oxygens (including phenoxy) is 1. The minimum Gasteiger partial charge on any atom is -0.497 e. The first-order chi connectivity index (χ1) is 10.2. The lowest BCUT2D eigenvalue weighted by molar-refractivity contribution is -0.121. The summed E-state index contributed by atoms with van der Waals surface area (Å²) in [5.74, 6) is 0.935. The van der Waals surface area contributed by atoms with Crippen molar-refractivity contribution in [3.8, 4) is 5.75 Å². The van der Waals surface area contributed by atoms with Crippen molar-refractivity contribution in [1.82, 2.24) is 10.6 Å². The SMILES string of the molecule is COc1cccc([C@@H](C)NCC(=O)NC2CCCCC2)c1. The Labute approximate surface area is 127 Å². The maximum atomic E-state index is 12.0. The molecule has 0 bridgehead atoms. The van der Waals surface area contributed by atoms with Crippen molar-refractivity contribution in [2.45, 2.75) is 51.1 Å². The van der Waals surface area contributed by atoms with E-state index >= 15 is 0 Å². The minimum absolute atomic E-state index is 0.0941. The molecular formula is C17H26N2O2. The zero-order valence-corrected chi connectivity index (χ0v) is 13.0. The lowest BCUT2D eigenvalue weighted by atomic mass is 9.95. The third kappa shape index (κ3) is 5.05. The summed E-state index contributed by atoms with van der Waals surface area (Å²) in [4.78, 5) is 12.0. The molecule has 0 aromatic heterocycles. The van der Waals surface area contributed by atoms with Gasteiger partial charge in [-0.3, -0.25) is 4.79 Å². The fraction of sp³-hybridized carbons (Fsp3) is 0.588. The molecule has 1 aliphatic carbocycles. The summed E-state index contributed by atoms with van der Waals surface area (Å²) in [6, 6.07) is 8.42. The van der Waals surface area contributed by atoms with Gasteiger partial charge in [-0.25, -0.2) is 0 Å². The normalized spacial score (nSPS) is 17.2. The van der Waals surface area contributed by atoms with Gasteiger partial charge in [0, 0.05) is 12.1 Å². The second-order valence-electron chi connectivity index (χ2n) is 5.78. The Morgan fingerprint density at radius 3 is 2.81 bits per heavy atom. The van der Waals surface area contributed by atoms with Crippen molar-refractivity contribution in [1.29, 1.82) is 0 Å². The number of rotatable bonds is 6. The zero-order chi connectivity index (χ0) is 15.1. The Bertz CT molecular complexity index is 456. The molecule has 0 saturated heterocycles. The molecule has 21 heavy (non-hydrogen) atoms. The number of hydrogen-bond donors (Lipinski definition) is 2. The number of benzene rings is 1. The highest BCUT2D eigenvalue weighted by Crippen LogP contribution is 2.19. The van der Waals surface area contributed by atoms with Crippen LogP contribution in [0.3, 0.4) is 0 Å². The number of hydrogen-bond acceptors (Lipinski definition) is 3. The molecule has 1 aromatic rings. The Hall–Kier alpha value is -1.55. The van der Waals surface area contributed by atoms with Gasteiger partial charge in [0.05, 0.1) is 13.7 Å². The summed E-state index contributed by atoms with van der Waals surface area (Å²) in [6.45, 7) is 2.41. The van der Waals surface area contributed by atoms with Crippen LogP contribution in [0.15, 0.2) is 24.3 Å². The summed E-state index contributed by atoms with van der Waals surface area (Å²) in [6.07, 6.45) is 6.02. The summed E-state index contributed by atoms with van der Waals surface area (Å²) < 4.78 is 5.22. The van der Waals surface area contributed by atoms with E-state index in [4.69, 9.17) is 4.74 Å². The van der Waals surface area contributed by atoms with E-state index in [0.29, 0.717) is 12.6 Å². The summed E-state index contributed by atoms with van der Waals surface area (Å²) in [7, 11) is 1.66. The predicted octanol–water partition coefficient (Wildman–Crippen LogP) is 2.79. The van der Waals surface area contributed by atoms with Crippen LogP contribution < -0.4 is 15.4 Å². The van der Waals surface area contributed by atoms with Gasteiger partial charge in [-0.1, -0.05) is 31.4 Å². The Morgan fingerprint density at radius 1 is 1.33 bits per heavy atom. The van der Waals surface area contributed by atoms with Crippen LogP contribution in [0.1, 0.15) is 50.6 Å². The highest BCUT2D eigenvalue weighted by atomic mass is 16.5. The number of nitrogens with one attached hydrogen (secondary N) is 2. The van der Waals surface area contributed by atoms with Crippen LogP contribution in [-0.2, 0) is 4.79 Å². The van der Waals surface area contributed by atoms with Crippen molar-refractivity contribution in [3.05, 3.63) is 29.8 Å². The topological polar surface area (TPSA) is 50.4 Å². The molecule has 0 aliphatic heterocycles. The van der Waals surface area contributed by atoms with Gasteiger partial charge in [0.2, 0.25) is 5.91 Å². The van der Waals surface area contributed by atoms with Gasteiger partial charge in [-0.2, -0.15) is 0 Å². The quantitative estimate of drug-likeness (QED) is 0.847. The summed E-state index contributed by atoms with van der Waals surface area (Å²) >= 11 is 0. The van der Waals surface area contributed by atoms with Gasteiger partial charge < -0.3 is 15.4 Å². The molecule has 2 N–H and O–H groups in total. The summed E-state index contributed by atoms with van der Waals surface area (Å²) in [5, 5.41) is 6.39. The molecule has 0 heterocycles. The average Bonchev–Trinajstić information content (AvgIpc) is 2.53. The molecule has 1 fully saturated rings. The second-order valence-corrected chi connectivity index (χ2v) is 5.78. The van der Waals surface area contributed by atoms with Crippen LogP contribution in [0.5, 0.6) is 5.75 Å². The lowest BCUT2D eigenvalue weighted by Gasteiger charge is -2.23. The number of carbonyl (C=O) groups excluding carboxylic acids is 1. The van der Waals surface area contributed by atoms with E-state index in [1.807, 2.05) is 24.3 Å². The molecule has 1 saturated carbocycles. The van der Waals surface area contributed by atoms with Crippen LogP contribution in [0.25, 0.3) is 0 Å². The highest BCUT2D eigenvalue weighted by Gasteiger charge is 2.16. The molecule has 0 unspecified atom stereocenters. The maximum absolute atomic E-state index is 12.0. The van der Waals surface area contributed by atoms with Crippen LogP contribution >= 0.6 is 0 Å². The third-order valence-electron chi connectivity index (χ3n) is 4.13. The first-order valence-electron chi connectivity index (χ1n) is 7.85. The highest BCUT2D eigenvalue weighted by molar-refractivity contribution is 5.78. The molecule has 116 valence electrons. The standard InChI is InChI=1S/C17H26N2O2/c1-13(14-7-6-10-16(11-14)21-2)18-12-17(20)19-15-8-4-3-5-9-15/h6-7,10-11,13,15,18H,3-5,8-9,12H2,1-2H3,(H,19,20)/t13-/m1/s1. The average molecular weight is 290 g/mol.